The van der Waals surface area contributed by atoms with Crippen LogP contribution in [-0.2, 0) is 10.0 Å². The summed E-state index contributed by atoms with van der Waals surface area (Å²) in [6, 6.07) is 3.17. The summed E-state index contributed by atoms with van der Waals surface area (Å²) in [5.41, 5.74) is -0.144. The van der Waals surface area contributed by atoms with E-state index in [1.807, 2.05) is 0 Å². The molecule has 20 heavy (non-hydrogen) atoms. The number of urea groups is 1. The van der Waals surface area contributed by atoms with Gasteiger partial charge >= 0.3 is 12.0 Å². The van der Waals surface area contributed by atoms with Crippen LogP contribution in [0.15, 0.2) is 18.2 Å². The molecular weight excluding hydrogens is 310 g/mol. The Bertz CT molecular complexity index is 632. The predicted octanol–water partition coefficient (Wildman–Crippen LogP) is 0.448. The van der Waals surface area contributed by atoms with Gasteiger partial charge in [-0.15, -0.1) is 0 Å². The van der Waals surface area contributed by atoms with Crippen LogP contribution in [0.1, 0.15) is 10.4 Å². The molecule has 0 heterocycles. The van der Waals surface area contributed by atoms with Gasteiger partial charge in [-0.05, 0) is 18.2 Å². The van der Waals surface area contributed by atoms with Gasteiger partial charge in [0.25, 0.3) is 0 Å². The maximum Gasteiger partial charge on any atom is 0.337 e. The Balaban J connectivity index is 2.69. The number of rotatable bonds is 5. The van der Waals surface area contributed by atoms with Crippen LogP contribution in [-0.4, -0.2) is 37.8 Å². The lowest BCUT2D eigenvalue weighted by Gasteiger charge is -2.09. The second-order valence-corrected chi connectivity index (χ2v) is 5.91. The first-order valence-electron chi connectivity index (χ1n) is 5.27. The van der Waals surface area contributed by atoms with Gasteiger partial charge in [0.15, 0.2) is 0 Å². The van der Waals surface area contributed by atoms with Crippen molar-refractivity contribution in [3.63, 3.8) is 0 Å². The number of halogens is 1. The van der Waals surface area contributed by atoms with Gasteiger partial charge in [0.05, 0.1) is 17.0 Å². The third-order valence-electron chi connectivity index (χ3n) is 2.13. The number of hydrogen-bond acceptors (Lipinski definition) is 4. The van der Waals surface area contributed by atoms with Crippen LogP contribution in [0.4, 0.5) is 10.5 Å². The van der Waals surface area contributed by atoms with Crippen LogP contribution in [0, 0.1) is 0 Å². The molecule has 0 radical (unpaired) electrons. The molecule has 0 saturated heterocycles. The van der Waals surface area contributed by atoms with Gasteiger partial charge < -0.3 is 15.7 Å². The van der Waals surface area contributed by atoms with Crippen molar-refractivity contribution in [2.45, 2.75) is 0 Å². The summed E-state index contributed by atoms with van der Waals surface area (Å²) in [5, 5.41) is 18.4. The Morgan fingerprint density at radius 2 is 2.00 bits per heavy atom. The minimum atomic E-state index is -3.67. The second kappa shape index (κ2) is 6.55. The molecule has 0 aliphatic rings. The first-order valence-corrected chi connectivity index (χ1v) is 7.36. The molecular formula is C10H12ClN3O5S. The van der Waals surface area contributed by atoms with E-state index in [1.54, 1.807) is 0 Å². The predicted molar refractivity (Wildman–Crippen MR) is 73.4 cm³/mol. The topological polar surface area (TPSA) is 139 Å². The van der Waals surface area contributed by atoms with Crippen LogP contribution in [0.3, 0.4) is 0 Å². The number of nitrogens with one attached hydrogen (secondary N) is 2. The summed E-state index contributed by atoms with van der Waals surface area (Å²) >= 11 is 5.66. The van der Waals surface area contributed by atoms with Crippen LogP contribution >= 0.6 is 11.6 Å². The SMILES string of the molecule is NS(=O)(=O)CCNC(=O)Nc1ccc(Cl)cc1C(=O)O. The third-order valence-corrected chi connectivity index (χ3v) is 3.14. The first-order chi connectivity index (χ1) is 9.19. The van der Waals surface area contributed by atoms with Gasteiger partial charge in [-0.2, -0.15) is 0 Å². The number of primary sulfonamides is 1. The van der Waals surface area contributed by atoms with Crippen molar-refractivity contribution < 1.29 is 23.1 Å². The lowest BCUT2D eigenvalue weighted by Crippen LogP contribution is -2.34. The van der Waals surface area contributed by atoms with E-state index in [0.717, 1.165) is 0 Å². The number of carbonyl (C=O) groups excluding carboxylic acids is 1. The lowest BCUT2D eigenvalue weighted by molar-refractivity contribution is 0.0698. The zero-order valence-electron chi connectivity index (χ0n) is 10.1. The van der Waals surface area contributed by atoms with Crippen molar-refractivity contribution in [2.24, 2.45) is 5.14 Å². The highest BCUT2D eigenvalue weighted by atomic mass is 35.5. The van der Waals surface area contributed by atoms with Gasteiger partial charge in [0.1, 0.15) is 0 Å². The van der Waals surface area contributed by atoms with Crippen molar-refractivity contribution in [1.29, 1.82) is 0 Å². The van der Waals surface area contributed by atoms with E-state index in [-0.39, 0.29) is 22.8 Å². The van der Waals surface area contributed by atoms with Crippen molar-refractivity contribution in [3.8, 4) is 0 Å². The minimum Gasteiger partial charge on any atom is -0.478 e. The molecule has 0 aliphatic carbocycles. The maximum absolute atomic E-state index is 11.5. The van der Waals surface area contributed by atoms with Crippen molar-refractivity contribution in [2.75, 3.05) is 17.6 Å². The van der Waals surface area contributed by atoms with Gasteiger partial charge in [0, 0.05) is 11.6 Å². The van der Waals surface area contributed by atoms with Crippen LogP contribution in [0.2, 0.25) is 5.02 Å². The third kappa shape index (κ3) is 5.43. The molecule has 0 aromatic heterocycles. The minimum absolute atomic E-state index is 0.0370. The molecule has 0 aliphatic heterocycles. The van der Waals surface area contributed by atoms with Crippen LogP contribution in [0.25, 0.3) is 0 Å². The molecule has 8 nitrogen and oxygen atoms in total. The molecule has 0 saturated carbocycles. The van der Waals surface area contributed by atoms with E-state index in [1.165, 1.54) is 18.2 Å². The smallest absolute Gasteiger partial charge is 0.337 e. The van der Waals surface area contributed by atoms with E-state index in [4.69, 9.17) is 21.8 Å². The molecule has 0 bridgehead atoms. The molecule has 0 unspecified atom stereocenters. The molecule has 1 rings (SSSR count). The van der Waals surface area contributed by atoms with Crippen molar-refractivity contribution >= 4 is 39.3 Å². The normalized spacial score (nSPS) is 10.9. The summed E-state index contributed by atoms with van der Waals surface area (Å²) < 4.78 is 21.3. The second-order valence-electron chi connectivity index (χ2n) is 3.74. The number of aromatic carboxylic acids is 1. The Kier molecular flexibility index (Phi) is 5.31. The highest BCUT2D eigenvalue weighted by molar-refractivity contribution is 7.89. The van der Waals surface area contributed by atoms with E-state index in [9.17, 15) is 18.0 Å². The Morgan fingerprint density at radius 1 is 1.35 bits per heavy atom. The molecule has 0 spiro atoms. The number of anilines is 1. The number of benzene rings is 1. The maximum atomic E-state index is 11.5. The van der Waals surface area contributed by atoms with Crippen molar-refractivity contribution in [3.05, 3.63) is 28.8 Å². The zero-order valence-corrected chi connectivity index (χ0v) is 11.7. The lowest BCUT2D eigenvalue weighted by atomic mass is 10.2. The number of nitrogens with two attached hydrogens (primary N) is 1. The average molecular weight is 322 g/mol. The summed E-state index contributed by atoms with van der Waals surface area (Å²) in [6.07, 6.45) is 0. The number of hydrogen-bond donors (Lipinski definition) is 4. The zero-order chi connectivity index (χ0) is 15.3. The molecule has 2 amide bonds. The number of amides is 2. The van der Waals surface area contributed by atoms with Gasteiger partial charge in [-0.25, -0.2) is 23.1 Å². The molecule has 0 atom stereocenters. The summed E-state index contributed by atoms with van der Waals surface area (Å²) in [7, 11) is -3.67. The fourth-order valence-corrected chi connectivity index (χ4v) is 1.83. The molecule has 1 aromatic rings. The monoisotopic (exact) mass is 321 g/mol. The largest absolute Gasteiger partial charge is 0.478 e. The van der Waals surface area contributed by atoms with Crippen molar-refractivity contribution in [1.82, 2.24) is 5.32 Å². The summed E-state index contributed by atoms with van der Waals surface area (Å²) in [4.78, 5) is 22.4. The first kappa shape index (κ1) is 16.2. The fourth-order valence-electron chi connectivity index (χ4n) is 1.28. The standard InChI is InChI=1S/C10H12ClN3O5S/c11-6-1-2-8(7(5-6)9(15)16)14-10(17)13-3-4-20(12,18)19/h1-2,5H,3-4H2,(H,15,16)(H2,12,18,19)(H2,13,14,17). The number of carbonyl (C=O) groups is 2. The number of sulfonamides is 1. The van der Waals surface area contributed by atoms with Gasteiger partial charge in [-0.1, -0.05) is 11.6 Å². The molecule has 0 fully saturated rings. The number of carboxylic acids is 1. The van der Waals surface area contributed by atoms with Gasteiger partial charge in [-0.3, -0.25) is 0 Å². The molecule has 1 aromatic carbocycles. The Hall–Kier alpha value is -1.84. The fraction of sp³-hybridized carbons (Fsp3) is 0.200. The van der Waals surface area contributed by atoms with E-state index in [0.29, 0.717) is 0 Å². The highest BCUT2D eigenvalue weighted by Gasteiger charge is 2.13. The summed E-state index contributed by atoms with van der Waals surface area (Å²) in [5.74, 6) is -1.68. The van der Waals surface area contributed by atoms with Crippen LogP contribution < -0.4 is 15.8 Å². The highest BCUT2D eigenvalue weighted by Crippen LogP contribution is 2.20. The molecule has 5 N–H and O–H groups in total. The van der Waals surface area contributed by atoms with E-state index in [2.05, 4.69) is 10.6 Å². The average Bonchev–Trinajstić information content (AvgIpc) is 2.29. The van der Waals surface area contributed by atoms with E-state index >= 15 is 0 Å². The van der Waals surface area contributed by atoms with Crippen LogP contribution in [0.5, 0.6) is 0 Å². The number of carboxylic acid groups (broad SMARTS) is 1. The molecule has 10 heteroatoms. The quantitative estimate of drug-likeness (QED) is 0.623. The Morgan fingerprint density at radius 3 is 2.55 bits per heavy atom. The van der Waals surface area contributed by atoms with Gasteiger partial charge in [0.2, 0.25) is 10.0 Å². The molecule has 110 valence electrons. The Labute approximate surface area is 120 Å². The summed E-state index contributed by atoms with van der Waals surface area (Å²) in [6.45, 7) is -0.194. The van der Waals surface area contributed by atoms with E-state index < -0.39 is 27.8 Å².